The zero-order chi connectivity index (χ0) is 13.2. The molecule has 0 amide bonds. The summed E-state index contributed by atoms with van der Waals surface area (Å²) in [7, 11) is 0. The van der Waals surface area contributed by atoms with Crippen molar-refractivity contribution < 1.29 is 14.5 Å². The first-order chi connectivity index (χ1) is 9.29. The van der Waals surface area contributed by atoms with Gasteiger partial charge in [-0.05, 0) is 17.7 Å². The summed E-state index contributed by atoms with van der Waals surface area (Å²) in [5, 5.41) is 16.3. The maximum atomic E-state index is 8.59. The molecule has 1 atom stereocenters. The molecule has 0 aliphatic carbocycles. The predicted molar refractivity (Wildman–Crippen MR) is 68.8 cm³/mol. The third-order valence-corrected chi connectivity index (χ3v) is 3.33. The highest BCUT2D eigenvalue weighted by atomic mass is 35.5. The maximum Gasteiger partial charge on any atom is 0.184 e. The average molecular weight is 279 g/mol. The summed E-state index contributed by atoms with van der Waals surface area (Å²) in [6.45, 7) is 0.563. The van der Waals surface area contributed by atoms with E-state index in [1.165, 1.54) is 6.21 Å². The molecule has 0 unspecified atom stereocenters. The Morgan fingerprint density at radius 3 is 2.89 bits per heavy atom. The fourth-order valence-electron chi connectivity index (χ4n) is 2.20. The monoisotopic (exact) mass is 278 g/mol. The van der Waals surface area contributed by atoms with Crippen LogP contribution in [0.5, 0.6) is 0 Å². The van der Waals surface area contributed by atoms with Crippen molar-refractivity contribution in [3.05, 3.63) is 51.9 Å². The highest BCUT2D eigenvalue weighted by Crippen LogP contribution is 2.33. The molecule has 1 aromatic heterocycles. The first kappa shape index (κ1) is 12.2. The number of ether oxygens (including phenoxy) is 1. The van der Waals surface area contributed by atoms with Crippen molar-refractivity contribution in [2.75, 3.05) is 6.61 Å². The van der Waals surface area contributed by atoms with E-state index in [0.717, 1.165) is 16.8 Å². The molecular weight excluding hydrogens is 268 g/mol. The summed E-state index contributed by atoms with van der Waals surface area (Å²) in [6.07, 6.45) is 1.66. The van der Waals surface area contributed by atoms with Crippen LogP contribution in [0.3, 0.4) is 0 Å². The van der Waals surface area contributed by atoms with Crippen LogP contribution in [-0.2, 0) is 11.2 Å². The van der Waals surface area contributed by atoms with Gasteiger partial charge in [-0.1, -0.05) is 34.0 Å². The number of fused-ring (bicyclic) bond motifs is 1. The SMILES string of the molecule is O/N=C/c1onc2c1CCO[C@@H]2c1ccc(Cl)cc1. The highest BCUT2D eigenvalue weighted by Gasteiger charge is 2.29. The molecule has 0 radical (unpaired) electrons. The van der Waals surface area contributed by atoms with Crippen LogP contribution in [0.25, 0.3) is 0 Å². The number of halogens is 1. The normalized spacial score (nSPS) is 18.7. The molecular formula is C13H11ClN2O3. The highest BCUT2D eigenvalue weighted by molar-refractivity contribution is 6.30. The largest absolute Gasteiger partial charge is 0.411 e. The summed E-state index contributed by atoms with van der Waals surface area (Å²) >= 11 is 5.88. The maximum absolute atomic E-state index is 8.59. The fourth-order valence-corrected chi connectivity index (χ4v) is 2.32. The molecule has 98 valence electrons. The van der Waals surface area contributed by atoms with E-state index in [1.54, 1.807) is 0 Å². The third kappa shape index (κ3) is 2.22. The van der Waals surface area contributed by atoms with Crippen molar-refractivity contribution in [2.45, 2.75) is 12.5 Å². The Morgan fingerprint density at radius 2 is 2.16 bits per heavy atom. The molecule has 1 aromatic carbocycles. The van der Waals surface area contributed by atoms with Crippen LogP contribution < -0.4 is 0 Å². The van der Waals surface area contributed by atoms with Gasteiger partial charge in [0.05, 0.1) is 6.61 Å². The lowest BCUT2D eigenvalue weighted by Gasteiger charge is -2.21. The summed E-state index contributed by atoms with van der Waals surface area (Å²) in [5.74, 6) is 0.472. The van der Waals surface area contributed by atoms with Crippen LogP contribution in [-0.4, -0.2) is 23.2 Å². The van der Waals surface area contributed by atoms with E-state index in [2.05, 4.69) is 10.3 Å². The van der Waals surface area contributed by atoms with E-state index in [-0.39, 0.29) is 6.10 Å². The lowest BCUT2D eigenvalue weighted by molar-refractivity contribution is 0.0657. The van der Waals surface area contributed by atoms with Crippen LogP contribution in [0.15, 0.2) is 33.9 Å². The first-order valence-corrected chi connectivity index (χ1v) is 6.20. The Morgan fingerprint density at radius 1 is 1.37 bits per heavy atom. The molecule has 1 aliphatic heterocycles. The van der Waals surface area contributed by atoms with Gasteiger partial charge in [0.1, 0.15) is 18.0 Å². The van der Waals surface area contributed by atoms with Gasteiger partial charge in [0, 0.05) is 17.0 Å². The number of aromatic nitrogens is 1. The van der Waals surface area contributed by atoms with Crippen molar-refractivity contribution in [3.63, 3.8) is 0 Å². The first-order valence-electron chi connectivity index (χ1n) is 5.82. The Kier molecular flexibility index (Phi) is 3.23. The molecule has 2 heterocycles. The second-order valence-electron chi connectivity index (χ2n) is 4.21. The summed E-state index contributed by atoms with van der Waals surface area (Å²) in [5.41, 5.74) is 2.61. The Labute approximate surface area is 114 Å². The zero-order valence-corrected chi connectivity index (χ0v) is 10.7. The number of hydrogen-bond donors (Lipinski definition) is 1. The number of nitrogens with zero attached hydrogens (tertiary/aromatic N) is 2. The van der Waals surface area contributed by atoms with E-state index in [1.807, 2.05) is 24.3 Å². The molecule has 1 aliphatic rings. The smallest absolute Gasteiger partial charge is 0.184 e. The van der Waals surface area contributed by atoms with Crippen molar-refractivity contribution in [3.8, 4) is 0 Å². The van der Waals surface area contributed by atoms with E-state index < -0.39 is 0 Å². The van der Waals surface area contributed by atoms with Gasteiger partial charge < -0.3 is 14.5 Å². The Bertz CT molecular complexity index is 607. The Balaban J connectivity index is 2.01. The minimum Gasteiger partial charge on any atom is -0.411 e. The lowest BCUT2D eigenvalue weighted by atomic mass is 9.98. The van der Waals surface area contributed by atoms with E-state index in [0.29, 0.717) is 23.8 Å². The lowest BCUT2D eigenvalue weighted by Crippen LogP contribution is -2.17. The van der Waals surface area contributed by atoms with Crippen LogP contribution in [0.1, 0.15) is 28.7 Å². The van der Waals surface area contributed by atoms with Gasteiger partial charge in [0.2, 0.25) is 0 Å². The van der Waals surface area contributed by atoms with Crippen molar-refractivity contribution in [1.82, 2.24) is 5.16 Å². The summed E-state index contributed by atoms with van der Waals surface area (Å²) in [4.78, 5) is 0. The molecule has 0 saturated heterocycles. The van der Waals surface area contributed by atoms with Gasteiger partial charge in [-0.25, -0.2) is 0 Å². The van der Waals surface area contributed by atoms with Crippen molar-refractivity contribution in [2.24, 2.45) is 5.16 Å². The molecule has 19 heavy (non-hydrogen) atoms. The Hall–Kier alpha value is -1.85. The van der Waals surface area contributed by atoms with E-state index in [4.69, 9.17) is 26.1 Å². The molecule has 0 spiro atoms. The second-order valence-corrected chi connectivity index (χ2v) is 4.64. The van der Waals surface area contributed by atoms with Crippen LogP contribution in [0.4, 0.5) is 0 Å². The molecule has 0 bridgehead atoms. The standard InChI is InChI=1S/C13H11ClN2O3/c14-9-3-1-8(2-4-9)13-12-10(5-6-18-13)11(7-15-17)19-16-12/h1-4,7,13,17H,5-6H2/b15-7+/t13-/m1/s1. The van der Waals surface area contributed by atoms with E-state index >= 15 is 0 Å². The van der Waals surface area contributed by atoms with Crippen LogP contribution in [0.2, 0.25) is 5.02 Å². The molecule has 3 rings (SSSR count). The van der Waals surface area contributed by atoms with Crippen LogP contribution >= 0.6 is 11.6 Å². The number of rotatable bonds is 2. The average Bonchev–Trinajstić information content (AvgIpc) is 2.84. The second kappa shape index (κ2) is 5.03. The quantitative estimate of drug-likeness (QED) is 0.521. The summed E-state index contributed by atoms with van der Waals surface area (Å²) in [6, 6.07) is 7.42. The minimum absolute atomic E-state index is 0.273. The third-order valence-electron chi connectivity index (χ3n) is 3.08. The number of oxime groups is 1. The topological polar surface area (TPSA) is 67.9 Å². The molecule has 1 N–H and O–H groups in total. The minimum atomic E-state index is -0.273. The van der Waals surface area contributed by atoms with Gasteiger partial charge in [-0.2, -0.15) is 0 Å². The van der Waals surface area contributed by atoms with Gasteiger partial charge >= 0.3 is 0 Å². The fraction of sp³-hybridized carbons (Fsp3) is 0.231. The van der Waals surface area contributed by atoms with Crippen molar-refractivity contribution in [1.29, 1.82) is 0 Å². The van der Waals surface area contributed by atoms with E-state index in [9.17, 15) is 0 Å². The van der Waals surface area contributed by atoms with Gasteiger partial charge in [-0.3, -0.25) is 0 Å². The van der Waals surface area contributed by atoms with Gasteiger partial charge in [-0.15, -0.1) is 0 Å². The van der Waals surface area contributed by atoms with Crippen molar-refractivity contribution >= 4 is 17.8 Å². The number of hydrogen-bond acceptors (Lipinski definition) is 5. The molecule has 0 fully saturated rings. The predicted octanol–water partition coefficient (Wildman–Crippen LogP) is 2.80. The molecule has 0 saturated carbocycles. The molecule has 5 nitrogen and oxygen atoms in total. The summed E-state index contributed by atoms with van der Waals surface area (Å²) < 4.78 is 10.9. The van der Waals surface area contributed by atoms with Crippen LogP contribution in [0, 0.1) is 0 Å². The molecule has 2 aromatic rings. The van der Waals surface area contributed by atoms with Gasteiger partial charge in [0.15, 0.2) is 5.76 Å². The van der Waals surface area contributed by atoms with Gasteiger partial charge in [0.25, 0.3) is 0 Å². The number of benzene rings is 1. The molecule has 6 heteroatoms. The zero-order valence-electron chi connectivity index (χ0n) is 9.91.